The summed E-state index contributed by atoms with van der Waals surface area (Å²) in [6.45, 7) is 5.49. The average Bonchev–Trinajstić information content (AvgIpc) is 2.15. The van der Waals surface area contributed by atoms with Crippen molar-refractivity contribution in [3.05, 3.63) is 24.3 Å². The second kappa shape index (κ2) is 4.88. The Morgan fingerprint density at radius 1 is 1.25 bits per heavy atom. The molecule has 0 aliphatic heterocycles. The van der Waals surface area contributed by atoms with E-state index in [4.69, 9.17) is 4.74 Å². The van der Waals surface area contributed by atoms with Crippen LogP contribution in [0.4, 0.5) is 16.2 Å². The second-order valence-corrected chi connectivity index (χ2v) is 4.46. The molecule has 0 heterocycles. The largest absolute Gasteiger partial charge is 0.444 e. The number of ether oxygens (including phenoxy) is 1. The Morgan fingerprint density at radius 2 is 1.88 bits per heavy atom. The topological polar surface area (TPSA) is 50.4 Å². The van der Waals surface area contributed by atoms with Crippen LogP contribution < -0.4 is 10.6 Å². The Kier molecular flexibility index (Phi) is 3.77. The van der Waals surface area contributed by atoms with Crippen LogP contribution in [0.25, 0.3) is 0 Å². The zero-order valence-corrected chi connectivity index (χ0v) is 10.1. The maximum atomic E-state index is 11.5. The Morgan fingerprint density at radius 3 is 2.44 bits per heavy atom. The van der Waals surface area contributed by atoms with Gasteiger partial charge in [-0.2, -0.15) is 0 Å². The molecule has 4 heteroatoms. The summed E-state index contributed by atoms with van der Waals surface area (Å²) < 4.78 is 5.14. The van der Waals surface area contributed by atoms with E-state index in [1.165, 1.54) is 0 Å². The quantitative estimate of drug-likeness (QED) is 0.808. The molecule has 1 aromatic carbocycles. The third-order valence-electron chi connectivity index (χ3n) is 1.80. The van der Waals surface area contributed by atoms with Crippen LogP contribution >= 0.6 is 0 Å². The summed E-state index contributed by atoms with van der Waals surface area (Å²) in [4.78, 5) is 11.5. The fraction of sp³-hybridized carbons (Fsp3) is 0.417. The second-order valence-electron chi connectivity index (χ2n) is 4.46. The molecule has 16 heavy (non-hydrogen) atoms. The van der Waals surface area contributed by atoms with Crippen molar-refractivity contribution in [1.29, 1.82) is 0 Å². The first-order chi connectivity index (χ1) is 7.40. The fourth-order valence-electron chi connectivity index (χ4n) is 1.17. The summed E-state index contributed by atoms with van der Waals surface area (Å²) in [7, 11) is 1.83. The van der Waals surface area contributed by atoms with Gasteiger partial charge in [-0.3, -0.25) is 5.32 Å². The summed E-state index contributed by atoms with van der Waals surface area (Å²) in [6.07, 6.45) is -0.444. The molecular formula is C12H18N2O2. The van der Waals surface area contributed by atoms with E-state index >= 15 is 0 Å². The molecule has 0 aliphatic carbocycles. The van der Waals surface area contributed by atoms with E-state index in [2.05, 4.69) is 10.6 Å². The number of amides is 1. The standard InChI is InChI=1S/C12H18N2O2/c1-12(2,3)16-11(15)14-10-7-5-6-9(8-10)13-4/h5-8,13H,1-4H3,(H,14,15). The molecule has 0 atom stereocenters. The van der Waals surface area contributed by atoms with Gasteiger partial charge in [0, 0.05) is 18.4 Å². The highest BCUT2D eigenvalue weighted by atomic mass is 16.6. The monoisotopic (exact) mass is 222 g/mol. The van der Waals surface area contributed by atoms with E-state index in [1.807, 2.05) is 52.1 Å². The molecule has 0 fully saturated rings. The van der Waals surface area contributed by atoms with Crippen LogP contribution in [0.15, 0.2) is 24.3 Å². The highest BCUT2D eigenvalue weighted by Gasteiger charge is 2.15. The SMILES string of the molecule is CNc1cccc(NC(=O)OC(C)(C)C)c1. The number of rotatable bonds is 2. The van der Waals surface area contributed by atoms with Gasteiger partial charge in [-0.05, 0) is 39.0 Å². The Balaban J connectivity index is 2.62. The van der Waals surface area contributed by atoms with Crippen molar-refractivity contribution in [2.24, 2.45) is 0 Å². The van der Waals surface area contributed by atoms with Gasteiger partial charge in [-0.15, -0.1) is 0 Å². The minimum Gasteiger partial charge on any atom is -0.444 e. The Bertz CT molecular complexity index is 370. The molecule has 88 valence electrons. The highest BCUT2D eigenvalue weighted by Crippen LogP contribution is 2.15. The Hall–Kier alpha value is -1.71. The molecular weight excluding hydrogens is 204 g/mol. The smallest absolute Gasteiger partial charge is 0.412 e. The predicted molar refractivity (Wildman–Crippen MR) is 65.8 cm³/mol. The maximum absolute atomic E-state index is 11.5. The maximum Gasteiger partial charge on any atom is 0.412 e. The molecule has 2 N–H and O–H groups in total. The van der Waals surface area contributed by atoms with Crippen molar-refractivity contribution in [3.63, 3.8) is 0 Å². The van der Waals surface area contributed by atoms with Crippen LogP contribution in [0.2, 0.25) is 0 Å². The van der Waals surface area contributed by atoms with Gasteiger partial charge in [-0.1, -0.05) is 6.07 Å². The van der Waals surface area contributed by atoms with E-state index in [1.54, 1.807) is 0 Å². The van der Waals surface area contributed by atoms with E-state index < -0.39 is 11.7 Å². The summed E-state index contributed by atoms with van der Waals surface area (Å²) in [5.41, 5.74) is 1.17. The number of hydrogen-bond donors (Lipinski definition) is 2. The summed E-state index contributed by atoms with van der Waals surface area (Å²) >= 11 is 0. The molecule has 1 amide bonds. The lowest BCUT2D eigenvalue weighted by molar-refractivity contribution is 0.0636. The zero-order valence-electron chi connectivity index (χ0n) is 10.1. The van der Waals surface area contributed by atoms with Gasteiger partial charge in [0.2, 0.25) is 0 Å². The van der Waals surface area contributed by atoms with E-state index in [0.717, 1.165) is 5.69 Å². The first kappa shape index (κ1) is 12.4. The van der Waals surface area contributed by atoms with Crippen LogP contribution in [-0.2, 0) is 4.74 Å². The van der Waals surface area contributed by atoms with Crippen LogP contribution in [0, 0.1) is 0 Å². The van der Waals surface area contributed by atoms with Gasteiger partial charge in [0.1, 0.15) is 5.60 Å². The Labute approximate surface area is 96.0 Å². The number of carbonyl (C=O) groups is 1. The lowest BCUT2D eigenvalue weighted by Gasteiger charge is -2.19. The number of hydrogen-bond acceptors (Lipinski definition) is 3. The van der Waals surface area contributed by atoms with E-state index in [9.17, 15) is 4.79 Å². The molecule has 1 aromatic rings. The normalized spacial score (nSPS) is 10.8. The third kappa shape index (κ3) is 4.21. The van der Waals surface area contributed by atoms with Crippen molar-refractivity contribution in [3.8, 4) is 0 Å². The molecule has 0 unspecified atom stereocenters. The van der Waals surface area contributed by atoms with Crippen molar-refractivity contribution in [2.75, 3.05) is 17.7 Å². The predicted octanol–water partition coefficient (Wildman–Crippen LogP) is 3.08. The summed E-state index contributed by atoms with van der Waals surface area (Å²) in [5.74, 6) is 0. The van der Waals surface area contributed by atoms with Gasteiger partial charge in [0.15, 0.2) is 0 Å². The van der Waals surface area contributed by atoms with Crippen molar-refractivity contribution >= 4 is 17.5 Å². The van der Waals surface area contributed by atoms with Gasteiger partial charge < -0.3 is 10.1 Å². The van der Waals surface area contributed by atoms with Crippen molar-refractivity contribution < 1.29 is 9.53 Å². The molecule has 1 rings (SSSR count). The molecule has 0 aromatic heterocycles. The minimum absolute atomic E-state index is 0.444. The number of benzene rings is 1. The molecule has 0 saturated heterocycles. The first-order valence-electron chi connectivity index (χ1n) is 5.18. The van der Waals surface area contributed by atoms with Gasteiger partial charge >= 0.3 is 6.09 Å². The molecule has 0 radical (unpaired) electrons. The highest BCUT2D eigenvalue weighted by molar-refractivity contribution is 5.85. The minimum atomic E-state index is -0.481. The van der Waals surface area contributed by atoms with Crippen LogP contribution in [0.1, 0.15) is 20.8 Å². The molecule has 0 saturated carbocycles. The van der Waals surface area contributed by atoms with Gasteiger partial charge in [0.05, 0.1) is 0 Å². The van der Waals surface area contributed by atoms with E-state index in [-0.39, 0.29) is 0 Å². The fourth-order valence-corrected chi connectivity index (χ4v) is 1.17. The number of anilines is 2. The summed E-state index contributed by atoms with van der Waals surface area (Å²) in [5, 5.41) is 5.67. The van der Waals surface area contributed by atoms with Crippen molar-refractivity contribution in [2.45, 2.75) is 26.4 Å². The number of nitrogens with one attached hydrogen (secondary N) is 2. The van der Waals surface area contributed by atoms with Crippen LogP contribution in [-0.4, -0.2) is 18.7 Å². The van der Waals surface area contributed by atoms with Gasteiger partial charge in [0.25, 0.3) is 0 Å². The first-order valence-corrected chi connectivity index (χ1v) is 5.18. The zero-order chi connectivity index (χ0) is 12.2. The average molecular weight is 222 g/mol. The summed E-state index contributed by atoms with van der Waals surface area (Å²) in [6, 6.07) is 7.42. The third-order valence-corrected chi connectivity index (χ3v) is 1.80. The molecule has 0 bridgehead atoms. The van der Waals surface area contributed by atoms with Gasteiger partial charge in [-0.25, -0.2) is 4.79 Å². The lowest BCUT2D eigenvalue weighted by atomic mass is 10.2. The van der Waals surface area contributed by atoms with Crippen LogP contribution in [0.5, 0.6) is 0 Å². The molecule has 4 nitrogen and oxygen atoms in total. The number of carbonyl (C=O) groups excluding carboxylic acids is 1. The van der Waals surface area contributed by atoms with Crippen molar-refractivity contribution in [1.82, 2.24) is 0 Å². The van der Waals surface area contributed by atoms with Crippen LogP contribution in [0.3, 0.4) is 0 Å². The molecule has 0 spiro atoms. The molecule has 0 aliphatic rings. The lowest BCUT2D eigenvalue weighted by Crippen LogP contribution is -2.27. The van der Waals surface area contributed by atoms with E-state index in [0.29, 0.717) is 5.69 Å².